The molecule has 0 aliphatic carbocycles. The number of rotatable bonds is 3. The lowest BCUT2D eigenvalue weighted by Gasteiger charge is -2.46. The molecule has 4 aliphatic heterocycles. The monoisotopic (exact) mass is 360 g/mol. The van der Waals surface area contributed by atoms with Crippen molar-refractivity contribution in [1.29, 1.82) is 0 Å². The van der Waals surface area contributed by atoms with Gasteiger partial charge in [0.05, 0.1) is 6.04 Å². The van der Waals surface area contributed by atoms with E-state index in [1.54, 1.807) is 0 Å². The topological polar surface area (TPSA) is 23.6 Å². The van der Waals surface area contributed by atoms with Crippen LogP contribution < -0.4 is 0 Å². The van der Waals surface area contributed by atoms with Crippen LogP contribution in [0.5, 0.6) is 0 Å². The van der Waals surface area contributed by atoms with E-state index >= 15 is 0 Å². The van der Waals surface area contributed by atoms with E-state index in [0.29, 0.717) is 18.2 Å². The first kappa shape index (κ1) is 17.0. The standard InChI is InChI=1S/C24H28N2O/c27-23(16-21-17-25-13-10-18(21)11-14-25)26-15-12-19-6-4-5-9-22(19)24(26)20-7-2-1-3-8-20/h1-9,18,21,24H,10-17H2/t21-,24-/m1/s1. The average molecular weight is 361 g/mol. The molecule has 0 unspecified atom stereocenters. The Morgan fingerprint density at radius 2 is 1.67 bits per heavy atom. The van der Waals surface area contributed by atoms with Gasteiger partial charge in [0.15, 0.2) is 0 Å². The Hall–Kier alpha value is -2.13. The lowest BCUT2D eigenvalue weighted by atomic mass is 9.77. The van der Waals surface area contributed by atoms with Crippen LogP contribution in [0.4, 0.5) is 0 Å². The Morgan fingerprint density at radius 3 is 2.41 bits per heavy atom. The molecule has 4 aliphatic rings. The predicted octanol–water partition coefficient (Wildman–Crippen LogP) is 3.89. The van der Waals surface area contributed by atoms with Crippen LogP contribution in [0.1, 0.15) is 42.0 Å². The summed E-state index contributed by atoms with van der Waals surface area (Å²) in [6.45, 7) is 4.42. The predicted molar refractivity (Wildman–Crippen MR) is 107 cm³/mol. The second kappa shape index (κ2) is 7.12. The molecular weight excluding hydrogens is 332 g/mol. The van der Waals surface area contributed by atoms with Gasteiger partial charge in [0.2, 0.25) is 5.91 Å². The van der Waals surface area contributed by atoms with Crippen LogP contribution in [0.15, 0.2) is 54.6 Å². The fourth-order valence-electron chi connectivity index (χ4n) is 5.49. The molecule has 2 aromatic rings. The van der Waals surface area contributed by atoms with Gasteiger partial charge in [0.1, 0.15) is 0 Å². The summed E-state index contributed by atoms with van der Waals surface area (Å²) in [5.74, 6) is 1.65. The maximum atomic E-state index is 13.4. The third-order valence-corrected chi connectivity index (χ3v) is 6.95. The van der Waals surface area contributed by atoms with Gasteiger partial charge in [0, 0.05) is 19.5 Å². The molecule has 0 radical (unpaired) electrons. The van der Waals surface area contributed by atoms with Crippen LogP contribution in [0.2, 0.25) is 0 Å². The molecule has 3 nitrogen and oxygen atoms in total. The van der Waals surface area contributed by atoms with Crippen molar-refractivity contribution in [2.75, 3.05) is 26.2 Å². The van der Waals surface area contributed by atoms with Gasteiger partial charge in [0.25, 0.3) is 0 Å². The molecule has 2 bridgehead atoms. The summed E-state index contributed by atoms with van der Waals surface area (Å²) in [4.78, 5) is 18.2. The molecule has 0 aromatic heterocycles. The number of hydrogen-bond acceptors (Lipinski definition) is 2. The summed E-state index contributed by atoms with van der Waals surface area (Å²) in [5.41, 5.74) is 3.92. The molecule has 0 spiro atoms. The van der Waals surface area contributed by atoms with Gasteiger partial charge < -0.3 is 9.80 Å². The summed E-state index contributed by atoms with van der Waals surface area (Å²) in [5, 5.41) is 0. The second-order valence-corrected chi connectivity index (χ2v) is 8.45. The number of carbonyl (C=O) groups excluding carboxylic acids is 1. The summed E-state index contributed by atoms with van der Waals surface area (Å²) in [6, 6.07) is 19.3. The Bertz CT molecular complexity index is 810. The molecule has 27 heavy (non-hydrogen) atoms. The SMILES string of the molecule is O=C(C[C@@H]1CN2CCC1CC2)N1CCc2ccccc2[C@H]1c1ccccc1. The molecule has 3 heteroatoms. The van der Waals surface area contributed by atoms with Crippen molar-refractivity contribution in [2.45, 2.75) is 31.7 Å². The minimum atomic E-state index is 0.0599. The average Bonchev–Trinajstić information content (AvgIpc) is 2.74. The summed E-state index contributed by atoms with van der Waals surface area (Å²) in [6.07, 6.45) is 4.24. The Balaban J connectivity index is 1.43. The van der Waals surface area contributed by atoms with Gasteiger partial charge in [-0.25, -0.2) is 0 Å². The first-order valence-electron chi connectivity index (χ1n) is 10.4. The third-order valence-electron chi connectivity index (χ3n) is 6.95. The van der Waals surface area contributed by atoms with Crippen molar-refractivity contribution >= 4 is 5.91 Å². The summed E-state index contributed by atoms with van der Waals surface area (Å²) < 4.78 is 0. The van der Waals surface area contributed by atoms with Crippen LogP contribution in [0.25, 0.3) is 0 Å². The van der Waals surface area contributed by atoms with Gasteiger partial charge >= 0.3 is 0 Å². The van der Waals surface area contributed by atoms with Gasteiger partial charge in [-0.15, -0.1) is 0 Å². The van der Waals surface area contributed by atoms with Gasteiger partial charge in [-0.2, -0.15) is 0 Å². The van der Waals surface area contributed by atoms with E-state index in [9.17, 15) is 4.79 Å². The first-order valence-corrected chi connectivity index (χ1v) is 10.4. The summed E-state index contributed by atoms with van der Waals surface area (Å²) in [7, 11) is 0. The highest BCUT2D eigenvalue weighted by atomic mass is 16.2. The Morgan fingerprint density at radius 1 is 0.926 bits per heavy atom. The van der Waals surface area contributed by atoms with E-state index in [0.717, 1.165) is 25.4 Å². The molecule has 3 fully saturated rings. The molecule has 3 saturated heterocycles. The van der Waals surface area contributed by atoms with Gasteiger partial charge in [-0.05, 0) is 60.9 Å². The van der Waals surface area contributed by atoms with E-state index in [-0.39, 0.29) is 6.04 Å². The normalized spacial score (nSPS) is 29.4. The molecular formula is C24H28N2O. The maximum absolute atomic E-state index is 13.4. The van der Waals surface area contributed by atoms with E-state index in [1.807, 2.05) is 0 Å². The lowest BCUT2D eigenvalue weighted by molar-refractivity contribution is -0.136. The molecule has 4 heterocycles. The highest BCUT2D eigenvalue weighted by molar-refractivity contribution is 5.78. The highest BCUT2D eigenvalue weighted by Gasteiger charge is 2.38. The number of hydrogen-bond donors (Lipinski definition) is 0. The van der Waals surface area contributed by atoms with Crippen LogP contribution >= 0.6 is 0 Å². The molecule has 140 valence electrons. The fourth-order valence-corrected chi connectivity index (χ4v) is 5.49. The third kappa shape index (κ3) is 3.19. The number of piperidine rings is 3. The van der Waals surface area contributed by atoms with E-state index in [2.05, 4.69) is 64.4 Å². The fraction of sp³-hybridized carbons (Fsp3) is 0.458. The number of benzene rings is 2. The van der Waals surface area contributed by atoms with Crippen molar-refractivity contribution in [1.82, 2.24) is 9.80 Å². The number of amides is 1. The zero-order chi connectivity index (χ0) is 18.2. The van der Waals surface area contributed by atoms with Crippen LogP contribution in [-0.2, 0) is 11.2 Å². The quantitative estimate of drug-likeness (QED) is 0.829. The summed E-state index contributed by atoms with van der Waals surface area (Å²) >= 11 is 0. The van der Waals surface area contributed by atoms with Crippen molar-refractivity contribution in [2.24, 2.45) is 11.8 Å². The van der Waals surface area contributed by atoms with Gasteiger partial charge in [-0.1, -0.05) is 54.6 Å². The van der Waals surface area contributed by atoms with Crippen molar-refractivity contribution in [3.63, 3.8) is 0 Å². The molecule has 2 atom stereocenters. The van der Waals surface area contributed by atoms with Crippen LogP contribution in [-0.4, -0.2) is 41.9 Å². The molecule has 0 N–H and O–H groups in total. The number of fused-ring (bicyclic) bond motifs is 4. The zero-order valence-corrected chi connectivity index (χ0v) is 15.9. The van der Waals surface area contributed by atoms with Gasteiger partial charge in [-0.3, -0.25) is 4.79 Å². The largest absolute Gasteiger partial charge is 0.331 e. The van der Waals surface area contributed by atoms with E-state index < -0.39 is 0 Å². The Labute approximate surface area is 162 Å². The number of nitrogens with zero attached hydrogens (tertiary/aromatic N) is 2. The van der Waals surface area contributed by atoms with E-state index in [1.165, 1.54) is 42.6 Å². The second-order valence-electron chi connectivity index (χ2n) is 8.45. The number of carbonyl (C=O) groups is 1. The van der Waals surface area contributed by atoms with Crippen molar-refractivity contribution in [3.05, 3.63) is 71.3 Å². The minimum Gasteiger partial charge on any atom is -0.331 e. The molecule has 0 saturated carbocycles. The Kier molecular flexibility index (Phi) is 4.48. The van der Waals surface area contributed by atoms with Crippen molar-refractivity contribution < 1.29 is 4.79 Å². The van der Waals surface area contributed by atoms with Crippen LogP contribution in [0, 0.1) is 11.8 Å². The van der Waals surface area contributed by atoms with E-state index in [4.69, 9.17) is 0 Å². The molecule has 2 aromatic carbocycles. The molecule has 1 amide bonds. The smallest absolute Gasteiger partial charge is 0.223 e. The van der Waals surface area contributed by atoms with Crippen LogP contribution in [0.3, 0.4) is 0 Å². The first-order chi connectivity index (χ1) is 13.3. The lowest BCUT2D eigenvalue weighted by Crippen LogP contribution is -2.49. The highest BCUT2D eigenvalue weighted by Crippen LogP contribution is 2.38. The zero-order valence-electron chi connectivity index (χ0n) is 15.9. The van der Waals surface area contributed by atoms with Crippen molar-refractivity contribution in [3.8, 4) is 0 Å². The minimum absolute atomic E-state index is 0.0599. The molecule has 6 rings (SSSR count). The maximum Gasteiger partial charge on any atom is 0.223 e.